The van der Waals surface area contributed by atoms with Crippen molar-refractivity contribution in [1.82, 2.24) is 10.2 Å². The number of nitrogens with one attached hydrogen (secondary N) is 1. The lowest BCUT2D eigenvalue weighted by Crippen LogP contribution is -2.50. The van der Waals surface area contributed by atoms with Crippen LogP contribution in [0.25, 0.3) is 0 Å². The van der Waals surface area contributed by atoms with Crippen LogP contribution in [0.1, 0.15) is 51.2 Å². The second-order valence-corrected chi connectivity index (χ2v) is 11.6. The van der Waals surface area contributed by atoms with Gasteiger partial charge in [0.05, 0.1) is 11.9 Å². The molecule has 198 valence electrons. The molecule has 0 aliphatic rings. The van der Waals surface area contributed by atoms with Crippen molar-refractivity contribution >= 4 is 27.5 Å². The number of anilines is 1. The first-order valence-corrected chi connectivity index (χ1v) is 14.5. The Bertz CT molecular complexity index is 1090. The summed E-state index contributed by atoms with van der Waals surface area (Å²) in [6, 6.07) is 16.6. The van der Waals surface area contributed by atoms with Gasteiger partial charge in [-0.1, -0.05) is 63.2 Å². The maximum Gasteiger partial charge on any atom is 0.242 e. The van der Waals surface area contributed by atoms with Gasteiger partial charge in [0.2, 0.25) is 21.8 Å². The number of nitrogens with zero attached hydrogens (tertiary/aromatic N) is 2. The van der Waals surface area contributed by atoms with Gasteiger partial charge >= 0.3 is 0 Å². The summed E-state index contributed by atoms with van der Waals surface area (Å²) in [5.41, 5.74) is 2.64. The summed E-state index contributed by atoms with van der Waals surface area (Å²) in [6.07, 6.45) is 2.82. The normalized spacial score (nSPS) is 12.3. The smallest absolute Gasteiger partial charge is 0.242 e. The van der Waals surface area contributed by atoms with Gasteiger partial charge in [-0.05, 0) is 55.4 Å². The van der Waals surface area contributed by atoms with E-state index in [1.807, 2.05) is 76.2 Å². The highest BCUT2D eigenvalue weighted by Gasteiger charge is 2.28. The second-order valence-electron chi connectivity index (χ2n) is 9.66. The fourth-order valence-corrected chi connectivity index (χ4v) is 5.06. The number of benzene rings is 2. The molecule has 1 N–H and O–H groups in total. The lowest BCUT2D eigenvalue weighted by atomic mass is 10.1. The summed E-state index contributed by atoms with van der Waals surface area (Å²) in [4.78, 5) is 28.0. The molecule has 0 spiro atoms. The summed E-state index contributed by atoms with van der Waals surface area (Å²) < 4.78 is 26.3. The molecule has 2 aromatic rings. The number of sulfonamides is 1. The molecular weight excluding hydrogens is 474 g/mol. The minimum absolute atomic E-state index is 0.143. The molecule has 0 bridgehead atoms. The molecule has 0 saturated carbocycles. The number of carbonyl (C=O) groups is 2. The Hall–Kier alpha value is -2.87. The molecule has 36 heavy (non-hydrogen) atoms. The predicted molar refractivity (Wildman–Crippen MR) is 146 cm³/mol. The Morgan fingerprint density at radius 1 is 1.00 bits per heavy atom. The number of amides is 2. The molecule has 0 aliphatic carbocycles. The van der Waals surface area contributed by atoms with E-state index in [4.69, 9.17) is 0 Å². The lowest BCUT2D eigenvalue weighted by Gasteiger charge is -2.31. The predicted octanol–water partition coefficient (Wildman–Crippen LogP) is 4.16. The Kier molecular flexibility index (Phi) is 11.4. The molecular formula is C28H41N3O4S. The molecule has 2 rings (SSSR count). The minimum Gasteiger partial charge on any atom is -0.354 e. The topological polar surface area (TPSA) is 86.8 Å². The van der Waals surface area contributed by atoms with E-state index in [1.54, 1.807) is 11.0 Å². The van der Waals surface area contributed by atoms with Crippen LogP contribution in [0.15, 0.2) is 54.6 Å². The van der Waals surface area contributed by atoms with E-state index in [-0.39, 0.29) is 24.8 Å². The average Bonchev–Trinajstić information content (AvgIpc) is 2.82. The van der Waals surface area contributed by atoms with Crippen LogP contribution >= 0.6 is 0 Å². The van der Waals surface area contributed by atoms with E-state index in [0.717, 1.165) is 11.1 Å². The first-order valence-electron chi connectivity index (χ1n) is 12.7. The molecule has 0 aliphatic heterocycles. The average molecular weight is 516 g/mol. The van der Waals surface area contributed by atoms with Crippen molar-refractivity contribution in [3.05, 3.63) is 65.7 Å². The fourth-order valence-electron chi connectivity index (χ4n) is 4.11. The Labute approximate surface area is 216 Å². The third kappa shape index (κ3) is 9.30. The van der Waals surface area contributed by atoms with Gasteiger partial charge in [0.1, 0.15) is 6.04 Å². The van der Waals surface area contributed by atoms with Crippen LogP contribution in [0, 0.1) is 12.8 Å². The molecule has 2 amide bonds. The van der Waals surface area contributed by atoms with Crippen molar-refractivity contribution in [2.45, 2.75) is 59.4 Å². The molecule has 1 atom stereocenters. The third-order valence-electron chi connectivity index (χ3n) is 6.00. The van der Waals surface area contributed by atoms with Gasteiger partial charge in [0.25, 0.3) is 0 Å². The Balaban J connectivity index is 2.15. The van der Waals surface area contributed by atoms with E-state index in [2.05, 4.69) is 5.32 Å². The van der Waals surface area contributed by atoms with Gasteiger partial charge in [-0.2, -0.15) is 0 Å². The molecule has 2 aromatic carbocycles. The molecule has 0 aromatic heterocycles. The van der Waals surface area contributed by atoms with Gasteiger partial charge in [-0.15, -0.1) is 0 Å². The molecule has 8 heteroatoms. The van der Waals surface area contributed by atoms with Crippen LogP contribution in [0.3, 0.4) is 0 Å². The fraction of sp³-hybridized carbons (Fsp3) is 0.500. The second kappa shape index (κ2) is 14.0. The third-order valence-corrected chi connectivity index (χ3v) is 7.19. The maximum absolute atomic E-state index is 13.4. The van der Waals surface area contributed by atoms with Crippen LogP contribution < -0.4 is 9.62 Å². The highest BCUT2D eigenvalue weighted by atomic mass is 32.2. The van der Waals surface area contributed by atoms with Crippen molar-refractivity contribution in [1.29, 1.82) is 0 Å². The van der Waals surface area contributed by atoms with Gasteiger partial charge < -0.3 is 10.2 Å². The maximum atomic E-state index is 13.4. The quantitative estimate of drug-likeness (QED) is 0.409. The minimum atomic E-state index is -3.50. The molecule has 1 unspecified atom stereocenters. The van der Waals surface area contributed by atoms with Crippen LogP contribution in [-0.2, 0) is 26.0 Å². The number of hydrogen-bond donors (Lipinski definition) is 1. The molecule has 0 fully saturated rings. The monoisotopic (exact) mass is 515 g/mol. The zero-order valence-electron chi connectivity index (χ0n) is 22.2. The van der Waals surface area contributed by atoms with Crippen molar-refractivity contribution in [3.63, 3.8) is 0 Å². The van der Waals surface area contributed by atoms with Gasteiger partial charge in [0, 0.05) is 26.1 Å². The molecule has 0 saturated heterocycles. The molecule has 0 radical (unpaired) electrons. The highest BCUT2D eigenvalue weighted by molar-refractivity contribution is 7.92. The first-order chi connectivity index (χ1) is 17.0. The van der Waals surface area contributed by atoms with Crippen molar-refractivity contribution in [2.24, 2.45) is 5.92 Å². The summed E-state index contributed by atoms with van der Waals surface area (Å²) in [5.74, 6) is 0.0174. The van der Waals surface area contributed by atoms with Crippen molar-refractivity contribution in [3.8, 4) is 0 Å². The Morgan fingerprint density at radius 2 is 1.69 bits per heavy atom. The number of rotatable bonds is 14. The highest BCUT2D eigenvalue weighted by Crippen LogP contribution is 2.20. The largest absolute Gasteiger partial charge is 0.354 e. The van der Waals surface area contributed by atoms with Crippen LogP contribution in [-0.4, -0.2) is 57.1 Å². The SMILES string of the molecule is CCC(C(=O)NCC(C)C)N(CCc1ccccc1)C(=O)CCCN(c1cccc(C)c1)S(C)(=O)=O. The van der Waals surface area contributed by atoms with Crippen LogP contribution in [0.5, 0.6) is 0 Å². The van der Waals surface area contributed by atoms with Gasteiger partial charge in [0.15, 0.2) is 0 Å². The van der Waals surface area contributed by atoms with Gasteiger partial charge in [-0.25, -0.2) is 8.42 Å². The van der Waals surface area contributed by atoms with E-state index in [0.29, 0.717) is 44.0 Å². The standard InChI is InChI=1S/C28H41N3O4S/c1-6-26(28(33)29-21-22(2)3)30(19-17-24-13-8-7-9-14-24)27(32)16-11-18-31(36(5,34)35)25-15-10-12-23(4)20-25/h7-10,12-15,20,22,26H,6,11,16-19,21H2,1-5H3,(H,29,33). The van der Waals surface area contributed by atoms with Crippen molar-refractivity contribution in [2.75, 3.05) is 30.2 Å². The van der Waals surface area contributed by atoms with Crippen LogP contribution in [0.2, 0.25) is 0 Å². The van der Waals surface area contributed by atoms with Crippen LogP contribution in [0.4, 0.5) is 5.69 Å². The first kappa shape index (κ1) is 29.4. The lowest BCUT2D eigenvalue weighted by molar-refractivity contribution is -0.140. The molecule has 0 heterocycles. The summed E-state index contributed by atoms with van der Waals surface area (Å²) in [5, 5.41) is 2.97. The number of carbonyl (C=O) groups excluding carboxylic acids is 2. The Morgan fingerprint density at radius 3 is 2.28 bits per heavy atom. The zero-order chi connectivity index (χ0) is 26.7. The van der Waals surface area contributed by atoms with E-state index in [9.17, 15) is 18.0 Å². The zero-order valence-corrected chi connectivity index (χ0v) is 23.1. The number of hydrogen-bond acceptors (Lipinski definition) is 4. The number of aryl methyl sites for hydroxylation is 1. The molecule has 7 nitrogen and oxygen atoms in total. The summed E-state index contributed by atoms with van der Waals surface area (Å²) in [7, 11) is -3.50. The summed E-state index contributed by atoms with van der Waals surface area (Å²) >= 11 is 0. The van der Waals surface area contributed by atoms with E-state index < -0.39 is 16.1 Å². The van der Waals surface area contributed by atoms with Crippen molar-refractivity contribution < 1.29 is 18.0 Å². The van der Waals surface area contributed by atoms with E-state index in [1.165, 1.54) is 10.6 Å². The van der Waals surface area contributed by atoms with E-state index >= 15 is 0 Å². The van der Waals surface area contributed by atoms with Gasteiger partial charge in [-0.3, -0.25) is 13.9 Å². The summed E-state index contributed by atoms with van der Waals surface area (Å²) in [6.45, 7) is 9.04.